The number of nitrogens with zero attached hydrogens (tertiary/aromatic N) is 2. The van der Waals surface area contributed by atoms with Crippen LogP contribution in [0.2, 0.25) is 19.6 Å². The van der Waals surface area contributed by atoms with Gasteiger partial charge in [0, 0.05) is 24.2 Å². The van der Waals surface area contributed by atoms with E-state index in [9.17, 15) is 0 Å². The molecule has 82 valence electrons. The number of hydrogen-bond acceptors (Lipinski definition) is 2. The first-order chi connectivity index (χ1) is 7.59. The van der Waals surface area contributed by atoms with Gasteiger partial charge >= 0.3 is 0 Å². The lowest BCUT2D eigenvalue weighted by molar-refractivity contribution is 1.28. The summed E-state index contributed by atoms with van der Waals surface area (Å²) in [7, 11) is -1.35. The van der Waals surface area contributed by atoms with Gasteiger partial charge in [-0.1, -0.05) is 25.7 Å². The minimum Gasteiger partial charge on any atom is -0.264 e. The van der Waals surface area contributed by atoms with Crippen LogP contribution in [0.1, 0.15) is 0 Å². The molecule has 0 aliphatic rings. The van der Waals surface area contributed by atoms with Crippen molar-refractivity contribution in [2.24, 2.45) is 0 Å². The Hall–Kier alpha value is -1.48. The summed E-state index contributed by atoms with van der Waals surface area (Å²) in [6, 6.07) is 8.24. The zero-order chi connectivity index (χ0) is 11.6. The summed E-state index contributed by atoms with van der Waals surface area (Å²) in [4.78, 5) is 8.67. The van der Waals surface area contributed by atoms with Crippen LogP contribution in [0, 0.1) is 0 Å². The van der Waals surface area contributed by atoms with Crippen molar-refractivity contribution in [1.29, 1.82) is 0 Å². The van der Waals surface area contributed by atoms with Crippen LogP contribution in [-0.4, -0.2) is 18.0 Å². The minimum absolute atomic E-state index is 1.09. The lowest BCUT2D eigenvalue weighted by atomic mass is 10.2. The molecule has 0 aromatic carbocycles. The summed E-state index contributed by atoms with van der Waals surface area (Å²) in [6.07, 6.45) is 5.53. The minimum atomic E-state index is -1.35. The van der Waals surface area contributed by atoms with Crippen LogP contribution in [-0.2, 0) is 0 Å². The summed E-state index contributed by atoms with van der Waals surface area (Å²) < 4.78 is 0. The van der Waals surface area contributed by atoms with Crippen molar-refractivity contribution >= 4 is 13.3 Å². The molecule has 2 rings (SSSR count). The van der Waals surface area contributed by atoms with Crippen LogP contribution in [0.15, 0.2) is 42.9 Å². The predicted octanol–water partition coefficient (Wildman–Crippen LogP) is 2.69. The summed E-state index contributed by atoms with van der Waals surface area (Å²) in [5, 5.41) is 1.39. The van der Waals surface area contributed by atoms with E-state index in [0.29, 0.717) is 0 Å². The predicted molar refractivity (Wildman–Crippen MR) is 70.4 cm³/mol. The third-order valence-electron chi connectivity index (χ3n) is 2.55. The summed E-state index contributed by atoms with van der Waals surface area (Å²) >= 11 is 0. The van der Waals surface area contributed by atoms with Crippen LogP contribution in [0.25, 0.3) is 11.3 Å². The van der Waals surface area contributed by atoms with Crippen molar-refractivity contribution in [1.82, 2.24) is 9.97 Å². The van der Waals surface area contributed by atoms with E-state index >= 15 is 0 Å². The molecule has 16 heavy (non-hydrogen) atoms. The van der Waals surface area contributed by atoms with E-state index in [1.807, 2.05) is 24.5 Å². The molecule has 0 saturated heterocycles. The molecule has 2 nitrogen and oxygen atoms in total. The van der Waals surface area contributed by atoms with E-state index in [2.05, 4.69) is 41.7 Å². The zero-order valence-electron chi connectivity index (χ0n) is 9.94. The normalized spacial score (nSPS) is 11.4. The van der Waals surface area contributed by atoms with Gasteiger partial charge in [-0.05, 0) is 23.4 Å². The highest BCUT2D eigenvalue weighted by atomic mass is 28.3. The molecule has 0 aliphatic carbocycles. The fourth-order valence-electron chi connectivity index (χ4n) is 1.74. The van der Waals surface area contributed by atoms with Crippen molar-refractivity contribution in [3.8, 4) is 11.3 Å². The molecule has 2 aromatic heterocycles. The Labute approximate surface area is 97.4 Å². The van der Waals surface area contributed by atoms with Crippen LogP contribution in [0.3, 0.4) is 0 Å². The molecule has 0 fully saturated rings. The molecule has 0 saturated carbocycles. The van der Waals surface area contributed by atoms with Gasteiger partial charge in [-0.3, -0.25) is 9.97 Å². The molecular formula is C13H16N2Si. The number of aromatic nitrogens is 2. The Kier molecular flexibility index (Phi) is 2.88. The molecule has 2 aromatic rings. The smallest absolute Gasteiger partial charge is 0.0804 e. The molecule has 2 heterocycles. The monoisotopic (exact) mass is 228 g/mol. The Morgan fingerprint density at radius 2 is 1.75 bits per heavy atom. The van der Waals surface area contributed by atoms with Crippen LogP contribution < -0.4 is 5.19 Å². The van der Waals surface area contributed by atoms with E-state index in [0.717, 1.165) is 11.3 Å². The van der Waals surface area contributed by atoms with E-state index in [4.69, 9.17) is 0 Å². The first-order valence-corrected chi connectivity index (χ1v) is 8.95. The molecule has 0 N–H and O–H groups in total. The molecular weight excluding hydrogens is 212 g/mol. The standard InChI is InChI=1S/C13H16N2Si/c1-16(2,3)12-7-5-9-15-13(12)11-6-4-8-14-10-11/h4-10H,1-3H3. The fourth-order valence-corrected chi connectivity index (χ4v) is 3.26. The van der Waals surface area contributed by atoms with Gasteiger partial charge in [0.25, 0.3) is 0 Å². The molecule has 0 spiro atoms. The van der Waals surface area contributed by atoms with Gasteiger partial charge in [0.05, 0.1) is 13.8 Å². The molecule has 3 heteroatoms. The second kappa shape index (κ2) is 4.18. The number of pyridine rings is 2. The molecule has 0 atom stereocenters. The third-order valence-corrected chi connectivity index (χ3v) is 4.57. The second-order valence-corrected chi connectivity index (χ2v) is 9.93. The van der Waals surface area contributed by atoms with Crippen molar-refractivity contribution in [3.63, 3.8) is 0 Å². The first kappa shape index (κ1) is 11.0. The Morgan fingerprint density at radius 3 is 2.38 bits per heavy atom. The van der Waals surface area contributed by atoms with Gasteiger partial charge in [-0.2, -0.15) is 0 Å². The van der Waals surface area contributed by atoms with Crippen molar-refractivity contribution < 1.29 is 0 Å². The van der Waals surface area contributed by atoms with Crippen LogP contribution in [0.4, 0.5) is 0 Å². The second-order valence-electron chi connectivity index (χ2n) is 4.89. The highest BCUT2D eigenvalue weighted by molar-refractivity contribution is 6.89. The maximum atomic E-state index is 4.51. The van der Waals surface area contributed by atoms with E-state index < -0.39 is 8.07 Å². The van der Waals surface area contributed by atoms with Gasteiger partial charge in [0.15, 0.2) is 0 Å². The van der Waals surface area contributed by atoms with Crippen LogP contribution in [0.5, 0.6) is 0 Å². The quantitative estimate of drug-likeness (QED) is 0.739. The van der Waals surface area contributed by atoms with Gasteiger partial charge in [-0.25, -0.2) is 0 Å². The van der Waals surface area contributed by atoms with Crippen molar-refractivity contribution in [3.05, 3.63) is 42.9 Å². The largest absolute Gasteiger partial charge is 0.264 e. The number of rotatable bonds is 2. The SMILES string of the molecule is C[Si](C)(C)c1cccnc1-c1cccnc1. The fraction of sp³-hybridized carbons (Fsp3) is 0.231. The highest BCUT2D eigenvalue weighted by Gasteiger charge is 2.21. The topological polar surface area (TPSA) is 25.8 Å². The van der Waals surface area contributed by atoms with E-state index in [-0.39, 0.29) is 0 Å². The lowest BCUT2D eigenvalue weighted by Crippen LogP contribution is -2.39. The molecule has 0 unspecified atom stereocenters. The van der Waals surface area contributed by atoms with Gasteiger partial charge in [0.2, 0.25) is 0 Å². The van der Waals surface area contributed by atoms with E-state index in [1.54, 1.807) is 6.20 Å². The highest BCUT2D eigenvalue weighted by Crippen LogP contribution is 2.16. The lowest BCUT2D eigenvalue weighted by Gasteiger charge is -2.19. The van der Waals surface area contributed by atoms with Gasteiger partial charge < -0.3 is 0 Å². The summed E-state index contributed by atoms with van der Waals surface area (Å²) in [5.74, 6) is 0. The Bertz CT molecular complexity index is 475. The van der Waals surface area contributed by atoms with Gasteiger partial charge in [0.1, 0.15) is 0 Å². The molecule has 0 amide bonds. The maximum absolute atomic E-state index is 4.51. The zero-order valence-corrected chi connectivity index (χ0v) is 10.9. The Balaban J connectivity index is 2.58. The third kappa shape index (κ3) is 2.19. The molecule has 0 radical (unpaired) electrons. The summed E-state index contributed by atoms with van der Waals surface area (Å²) in [6.45, 7) is 7.01. The average molecular weight is 228 g/mol. The molecule has 0 aliphatic heterocycles. The van der Waals surface area contributed by atoms with Crippen LogP contribution >= 0.6 is 0 Å². The Morgan fingerprint density at radius 1 is 1.00 bits per heavy atom. The maximum Gasteiger partial charge on any atom is 0.0804 e. The number of hydrogen-bond donors (Lipinski definition) is 0. The van der Waals surface area contributed by atoms with Crippen molar-refractivity contribution in [2.75, 3.05) is 0 Å². The summed E-state index contributed by atoms with van der Waals surface area (Å²) in [5.41, 5.74) is 2.20. The first-order valence-electron chi connectivity index (χ1n) is 5.45. The van der Waals surface area contributed by atoms with Crippen molar-refractivity contribution in [2.45, 2.75) is 19.6 Å². The molecule has 0 bridgehead atoms. The van der Waals surface area contributed by atoms with Gasteiger partial charge in [-0.15, -0.1) is 0 Å². The van der Waals surface area contributed by atoms with E-state index in [1.165, 1.54) is 5.19 Å². The average Bonchev–Trinajstić information content (AvgIpc) is 2.29.